The lowest BCUT2D eigenvalue weighted by atomic mass is 10.0. The maximum atomic E-state index is 13.0. The maximum Gasteiger partial charge on any atom is 0.250 e. The molecule has 0 spiro atoms. The predicted octanol–water partition coefficient (Wildman–Crippen LogP) is 3.07. The van der Waals surface area contributed by atoms with Crippen LogP contribution in [-0.4, -0.2) is 21.0 Å². The van der Waals surface area contributed by atoms with Crippen molar-refractivity contribution in [3.8, 4) is 17.3 Å². The molecule has 2 N–H and O–H groups in total. The van der Waals surface area contributed by atoms with E-state index in [0.29, 0.717) is 34.1 Å². The van der Waals surface area contributed by atoms with E-state index in [1.165, 1.54) is 18.4 Å². The first-order valence-corrected chi connectivity index (χ1v) is 7.94. The third-order valence-corrected chi connectivity index (χ3v) is 3.70. The molecule has 7 nitrogen and oxygen atoms in total. The zero-order valence-electron chi connectivity index (χ0n) is 14.3. The van der Waals surface area contributed by atoms with Gasteiger partial charge in [-0.25, -0.2) is 9.37 Å². The summed E-state index contributed by atoms with van der Waals surface area (Å²) >= 11 is 0. The molecule has 0 aliphatic heterocycles. The van der Waals surface area contributed by atoms with E-state index in [-0.39, 0.29) is 12.5 Å². The van der Waals surface area contributed by atoms with Crippen LogP contribution in [0.1, 0.15) is 41.4 Å². The molecule has 0 aliphatic rings. The summed E-state index contributed by atoms with van der Waals surface area (Å²) in [6.45, 7) is 3.95. The molecule has 0 unspecified atom stereocenters. The molecule has 134 valence electrons. The SMILES string of the molecule is CC(C)c1nc(OCc2conc2-c2ccc(F)cn2)ccc1C(N)=O. The molecule has 8 heteroatoms. The fourth-order valence-electron chi connectivity index (χ4n) is 2.42. The molecule has 1 amide bonds. The van der Waals surface area contributed by atoms with Crippen LogP contribution in [0.25, 0.3) is 11.4 Å². The summed E-state index contributed by atoms with van der Waals surface area (Å²) in [6.07, 6.45) is 2.54. The van der Waals surface area contributed by atoms with Gasteiger partial charge in [0, 0.05) is 6.07 Å². The van der Waals surface area contributed by atoms with Crippen LogP contribution in [0, 0.1) is 5.82 Å². The van der Waals surface area contributed by atoms with Crippen LogP contribution in [0.4, 0.5) is 4.39 Å². The van der Waals surface area contributed by atoms with E-state index in [2.05, 4.69) is 15.1 Å². The van der Waals surface area contributed by atoms with Crippen LogP contribution in [0.15, 0.2) is 41.2 Å². The highest BCUT2D eigenvalue weighted by atomic mass is 19.1. The highest BCUT2D eigenvalue weighted by Crippen LogP contribution is 2.24. The Morgan fingerprint density at radius 1 is 1.31 bits per heavy atom. The normalized spacial score (nSPS) is 10.9. The van der Waals surface area contributed by atoms with Gasteiger partial charge in [0.2, 0.25) is 5.88 Å². The lowest BCUT2D eigenvalue weighted by Crippen LogP contribution is -2.16. The van der Waals surface area contributed by atoms with E-state index < -0.39 is 11.7 Å². The highest BCUT2D eigenvalue weighted by Gasteiger charge is 2.16. The third-order valence-electron chi connectivity index (χ3n) is 3.70. The molecule has 3 heterocycles. The molecule has 0 saturated carbocycles. The number of nitrogens with two attached hydrogens (primary N) is 1. The summed E-state index contributed by atoms with van der Waals surface area (Å²) in [5.41, 5.74) is 7.88. The van der Waals surface area contributed by atoms with Gasteiger partial charge in [0.25, 0.3) is 5.91 Å². The minimum Gasteiger partial charge on any atom is -0.473 e. The van der Waals surface area contributed by atoms with Crippen molar-refractivity contribution in [2.24, 2.45) is 5.73 Å². The van der Waals surface area contributed by atoms with Gasteiger partial charge in [-0.05, 0) is 24.1 Å². The Bertz CT molecular complexity index is 922. The van der Waals surface area contributed by atoms with E-state index >= 15 is 0 Å². The minimum absolute atomic E-state index is 0.00983. The molecule has 3 rings (SSSR count). The largest absolute Gasteiger partial charge is 0.473 e. The Kier molecular flexibility index (Phi) is 4.92. The quantitative estimate of drug-likeness (QED) is 0.728. The second kappa shape index (κ2) is 7.30. The summed E-state index contributed by atoms with van der Waals surface area (Å²) in [6, 6.07) is 5.97. The number of aromatic nitrogens is 3. The first kappa shape index (κ1) is 17.5. The molecule has 0 saturated heterocycles. The lowest BCUT2D eigenvalue weighted by molar-refractivity contribution is 0.0998. The van der Waals surface area contributed by atoms with Gasteiger partial charge in [-0.3, -0.25) is 9.78 Å². The molecule has 3 aromatic heterocycles. The number of ether oxygens (including phenoxy) is 1. The van der Waals surface area contributed by atoms with Crippen LogP contribution in [0.5, 0.6) is 5.88 Å². The van der Waals surface area contributed by atoms with Crippen molar-refractivity contribution < 1.29 is 18.4 Å². The van der Waals surface area contributed by atoms with E-state index in [0.717, 1.165) is 6.20 Å². The van der Waals surface area contributed by atoms with Crippen LogP contribution < -0.4 is 10.5 Å². The fraction of sp³-hybridized carbons (Fsp3) is 0.222. The van der Waals surface area contributed by atoms with Crippen molar-refractivity contribution in [2.45, 2.75) is 26.4 Å². The second-order valence-corrected chi connectivity index (χ2v) is 5.94. The fourth-order valence-corrected chi connectivity index (χ4v) is 2.42. The molecule has 0 aromatic carbocycles. The number of primary amides is 1. The second-order valence-electron chi connectivity index (χ2n) is 5.94. The van der Waals surface area contributed by atoms with Gasteiger partial charge in [0.05, 0.1) is 28.7 Å². The smallest absolute Gasteiger partial charge is 0.250 e. The molecule has 26 heavy (non-hydrogen) atoms. The predicted molar refractivity (Wildman–Crippen MR) is 90.9 cm³/mol. The van der Waals surface area contributed by atoms with Gasteiger partial charge < -0.3 is 15.0 Å². The molecule has 0 radical (unpaired) electrons. The zero-order valence-corrected chi connectivity index (χ0v) is 14.3. The molecule has 3 aromatic rings. The molecule has 0 aliphatic carbocycles. The lowest BCUT2D eigenvalue weighted by Gasteiger charge is -2.12. The monoisotopic (exact) mass is 356 g/mol. The summed E-state index contributed by atoms with van der Waals surface area (Å²) in [5, 5.41) is 3.89. The number of hydrogen-bond donors (Lipinski definition) is 1. The van der Waals surface area contributed by atoms with Crippen molar-refractivity contribution in [2.75, 3.05) is 0 Å². The first-order valence-electron chi connectivity index (χ1n) is 7.94. The minimum atomic E-state index is -0.531. The number of pyridine rings is 2. The summed E-state index contributed by atoms with van der Waals surface area (Å²) in [7, 11) is 0. The molecule has 0 bridgehead atoms. The Morgan fingerprint density at radius 2 is 2.12 bits per heavy atom. The summed E-state index contributed by atoms with van der Waals surface area (Å²) in [5.74, 6) is -0.611. The molecular formula is C18H17FN4O3. The Balaban J connectivity index is 1.80. The Morgan fingerprint density at radius 3 is 2.77 bits per heavy atom. The van der Waals surface area contributed by atoms with Crippen molar-refractivity contribution in [1.29, 1.82) is 0 Å². The number of nitrogens with zero attached hydrogens (tertiary/aromatic N) is 3. The zero-order chi connectivity index (χ0) is 18.7. The van der Waals surface area contributed by atoms with E-state index in [1.807, 2.05) is 13.8 Å². The highest BCUT2D eigenvalue weighted by molar-refractivity contribution is 5.94. The number of carbonyl (C=O) groups is 1. The van der Waals surface area contributed by atoms with Crippen LogP contribution in [-0.2, 0) is 6.61 Å². The first-order chi connectivity index (χ1) is 12.5. The number of halogens is 1. The summed E-state index contributed by atoms with van der Waals surface area (Å²) in [4.78, 5) is 19.8. The molecule has 0 atom stereocenters. The molecular weight excluding hydrogens is 339 g/mol. The standard InChI is InChI=1S/C18H17FN4O3/c1-10(2)16-13(18(20)24)4-6-15(22-16)25-8-11-9-26-23-17(11)14-5-3-12(19)7-21-14/h3-7,9-10H,8H2,1-2H3,(H2,20,24). The maximum absolute atomic E-state index is 13.0. The van der Waals surface area contributed by atoms with Crippen molar-refractivity contribution in [3.63, 3.8) is 0 Å². The topological polar surface area (TPSA) is 104 Å². The van der Waals surface area contributed by atoms with Gasteiger partial charge >= 0.3 is 0 Å². The van der Waals surface area contributed by atoms with Crippen molar-refractivity contribution >= 4 is 5.91 Å². The molecule has 0 fully saturated rings. The average molecular weight is 356 g/mol. The van der Waals surface area contributed by atoms with Gasteiger partial charge in [0.1, 0.15) is 24.4 Å². The van der Waals surface area contributed by atoms with Crippen molar-refractivity contribution in [3.05, 3.63) is 59.4 Å². The van der Waals surface area contributed by atoms with Crippen LogP contribution in [0.3, 0.4) is 0 Å². The van der Waals surface area contributed by atoms with Gasteiger partial charge in [-0.15, -0.1) is 0 Å². The number of amides is 1. The van der Waals surface area contributed by atoms with Crippen LogP contribution in [0.2, 0.25) is 0 Å². The van der Waals surface area contributed by atoms with Gasteiger partial charge in [-0.2, -0.15) is 0 Å². The van der Waals surface area contributed by atoms with Crippen LogP contribution >= 0.6 is 0 Å². The van der Waals surface area contributed by atoms with Gasteiger partial charge in [-0.1, -0.05) is 19.0 Å². The third kappa shape index (κ3) is 3.69. The number of rotatable bonds is 6. The number of carbonyl (C=O) groups excluding carboxylic acids is 1. The number of hydrogen-bond acceptors (Lipinski definition) is 6. The Hall–Kier alpha value is -3.29. The van der Waals surface area contributed by atoms with E-state index in [9.17, 15) is 9.18 Å². The van der Waals surface area contributed by atoms with Crippen molar-refractivity contribution in [1.82, 2.24) is 15.1 Å². The Labute approximate surface area is 149 Å². The summed E-state index contributed by atoms with van der Waals surface area (Å²) < 4.78 is 23.7. The van der Waals surface area contributed by atoms with Gasteiger partial charge in [0.15, 0.2) is 0 Å². The van der Waals surface area contributed by atoms with E-state index in [1.54, 1.807) is 12.1 Å². The van der Waals surface area contributed by atoms with E-state index in [4.69, 9.17) is 15.0 Å². The average Bonchev–Trinajstić information content (AvgIpc) is 3.08.